The van der Waals surface area contributed by atoms with Crippen molar-refractivity contribution >= 4 is 5.69 Å². The van der Waals surface area contributed by atoms with Gasteiger partial charge in [-0.05, 0) is 37.6 Å². The Morgan fingerprint density at radius 2 is 1.95 bits per heavy atom. The van der Waals surface area contributed by atoms with E-state index in [2.05, 4.69) is 32.3 Å². The lowest BCUT2D eigenvalue weighted by Crippen LogP contribution is -2.24. The monoisotopic (exact) mass is 276 g/mol. The zero-order valence-electron chi connectivity index (χ0n) is 12.5. The first-order chi connectivity index (χ1) is 9.63. The summed E-state index contributed by atoms with van der Waals surface area (Å²) in [5.74, 6) is -0.198. The van der Waals surface area contributed by atoms with Crippen molar-refractivity contribution in [3.8, 4) is 0 Å². The van der Waals surface area contributed by atoms with E-state index in [4.69, 9.17) is 0 Å². The Kier molecular flexibility index (Phi) is 7.02. The molecule has 110 valence electrons. The molecule has 1 aromatic rings. The average molecular weight is 276 g/mol. The number of benzene rings is 1. The molecule has 1 N–H and O–H groups in total. The molecule has 0 heterocycles. The molecule has 0 saturated carbocycles. The fourth-order valence-electron chi connectivity index (χ4n) is 2.11. The van der Waals surface area contributed by atoms with Crippen molar-refractivity contribution in [1.82, 2.24) is 5.32 Å². The summed E-state index contributed by atoms with van der Waals surface area (Å²) < 4.78 is 14.3. The van der Waals surface area contributed by atoms with Crippen molar-refractivity contribution in [3.05, 3.63) is 54.9 Å². The van der Waals surface area contributed by atoms with Gasteiger partial charge in [0.15, 0.2) is 0 Å². The molecule has 1 rings (SSSR count). The van der Waals surface area contributed by atoms with Gasteiger partial charge in [0.25, 0.3) is 0 Å². The Hall–Kier alpha value is -1.61. The molecule has 1 aromatic carbocycles. The van der Waals surface area contributed by atoms with Gasteiger partial charge in [0, 0.05) is 19.1 Å². The summed E-state index contributed by atoms with van der Waals surface area (Å²) in [7, 11) is 0. The highest BCUT2D eigenvalue weighted by Crippen LogP contribution is 2.23. The van der Waals surface area contributed by atoms with Crippen LogP contribution in [0.1, 0.15) is 31.9 Å². The van der Waals surface area contributed by atoms with E-state index in [0.29, 0.717) is 18.8 Å². The van der Waals surface area contributed by atoms with Crippen LogP contribution < -0.4 is 10.2 Å². The smallest absolute Gasteiger partial charge is 0.146 e. The summed E-state index contributed by atoms with van der Waals surface area (Å²) in [4.78, 5) is 1.91. The zero-order chi connectivity index (χ0) is 15.0. The number of hydrogen-bond donors (Lipinski definition) is 1. The van der Waals surface area contributed by atoms with Crippen LogP contribution in [0.2, 0.25) is 0 Å². The first-order valence-electron chi connectivity index (χ1n) is 7.13. The molecule has 0 bridgehead atoms. The van der Waals surface area contributed by atoms with E-state index in [0.717, 1.165) is 18.5 Å². The number of halogens is 1. The highest BCUT2D eigenvalue weighted by molar-refractivity contribution is 5.50. The molecule has 20 heavy (non-hydrogen) atoms. The largest absolute Gasteiger partial charge is 0.362 e. The lowest BCUT2D eigenvalue weighted by atomic mass is 10.1. The third kappa shape index (κ3) is 4.49. The van der Waals surface area contributed by atoms with Gasteiger partial charge in [-0.25, -0.2) is 4.39 Å². The first kappa shape index (κ1) is 16.4. The van der Waals surface area contributed by atoms with Crippen molar-refractivity contribution in [3.63, 3.8) is 0 Å². The molecule has 0 aliphatic rings. The molecule has 0 radical (unpaired) electrons. The first-order valence-corrected chi connectivity index (χ1v) is 7.13. The van der Waals surface area contributed by atoms with E-state index in [-0.39, 0.29) is 11.9 Å². The molecular formula is C17H25FN2. The maximum absolute atomic E-state index is 14.3. The predicted octanol–water partition coefficient (Wildman–Crippen LogP) is 4.06. The summed E-state index contributed by atoms with van der Waals surface area (Å²) in [5, 5.41) is 3.36. The van der Waals surface area contributed by atoms with Crippen molar-refractivity contribution in [1.29, 1.82) is 0 Å². The maximum atomic E-state index is 14.3. The maximum Gasteiger partial charge on any atom is 0.146 e. The summed E-state index contributed by atoms with van der Waals surface area (Å²) in [6.45, 7) is 13.7. The molecule has 0 aromatic heterocycles. The Morgan fingerprint density at radius 1 is 1.30 bits per heavy atom. The van der Waals surface area contributed by atoms with Gasteiger partial charge in [0.05, 0.1) is 5.69 Å². The number of nitrogens with zero attached hydrogens (tertiary/aromatic N) is 1. The summed E-state index contributed by atoms with van der Waals surface area (Å²) in [5.41, 5.74) is 1.56. The highest BCUT2D eigenvalue weighted by atomic mass is 19.1. The van der Waals surface area contributed by atoms with Crippen LogP contribution in [-0.2, 0) is 0 Å². The number of anilines is 1. The topological polar surface area (TPSA) is 15.3 Å². The minimum atomic E-state index is -0.198. The van der Waals surface area contributed by atoms with Gasteiger partial charge >= 0.3 is 0 Å². The van der Waals surface area contributed by atoms with E-state index >= 15 is 0 Å². The zero-order valence-corrected chi connectivity index (χ0v) is 12.5. The molecule has 1 atom stereocenters. The molecule has 2 nitrogen and oxygen atoms in total. The Balaban J connectivity index is 2.90. The lowest BCUT2D eigenvalue weighted by Gasteiger charge is -2.23. The molecule has 0 aliphatic carbocycles. The van der Waals surface area contributed by atoms with E-state index in [9.17, 15) is 4.39 Å². The van der Waals surface area contributed by atoms with E-state index in [1.165, 1.54) is 0 Å². The third-order valence-corrected chi connectivity index (χ3v) is 3.21. The minimum Gasteiger partial charge on any atom is -0.362 e. The van der Waals surface area contributed by atoms with Gasteiger partial charge in [0.2, 0.25) is 0 Å². The van der Waals surface area contributed by atoms with Crippen LogP contribution >= 0.6 is 0 Å². The predicted molar refractivity (Wildman–Crippen MR) is 85.7 cm³/mol. The molecule has 0 saturated heterocycles. The average Bonchev–Trinajstić information content (AvgIpc) is 2.44. The second-order valence-corrected chi connectivity index (χ2v) is 4.87. The van der Waals surface area contributed by atoms with E-state index in [1.54, 1.807) is 18.2 Å². The van der Waals surface area contributed by atoms with Crippen LogP contribution in [0.5, 0.6) is 0 Å². The molecule has 0 fully saturated rings. The van der Waals surface area contributed by atoms with Gasteiger partial charge in [-0.2, -0.15) is 0 Å². The molecule has 1 unspecified atom stereocenters. The van der Waals surface area contributed by atoms with Crippen LogP contribution in [0.4, 0.5) is 10.1 Å². The van der Waals surface area contributed by atoms with Crippen molar-refractivity contribution in [2.75, 3.05) is 24.5 Å². The second-order valence-electron chi connectivity index (χ2n) is 4.87. The van der Waals surface area contributed by atoms with Crippen LogP contribution in [0, 0.1) is 5.82 Å². The molecular weight excluding hydrogens is 251 g/mol. The number of nitrogens with one attached hydrogen (secondary N) is 1. The third-order valence-electron chi connectivity index (χ3n) is 3.21. The molecule has 0 aliphatic heterocycles. The fourth-order valence-corrected chi connectivity index (χ4v) is 2.11. The number of rotatable bonds is 9. The Labute approximate surface area is 122 Å². The lowest BCUT2D eigenvalue weighted by molar-refractivity contribution is 0.561. The summed E-state index contributed by atoms with van der Waals surface area (Å²) in [6.07, 6.45) is 4.60. The van der Waals surface area contributed by atoms with Crippen molar-refractivity contribution in [2.24, 2.45) is 0 Å². The van der Waals surface area contributed by atoms with Crippen molar-refractivity contribution in [2.45, 2.75) is 26.3 Å². The van der Waals surface area contributed by atoms with E-state index in [1.807, 2.05) is 17.0 Å². The molecule has 0 spiro atoms. The normalized spacial score (nSPS) is 11.9. The summed E-state index contributed by atoms with van der Waals surface area (Å²) in [6, 6.07) is 5.58. The van der Waals surface area contributed by atoms with E-state index < -0.39 is 0 Å². The van der Waals surface area contributed by atoms with Crippen LogP contribution in [0.25, 0.3) is 0 Å². The van der Waals surface area contributed by atoms with Crippen LogP contribution in [-0.4, -0.2) is 19.6 Å². The molecule has 3 heteroatoms. The van der Waals surface area contributed by atoms with Crippen LogP contribution in [0.15, 0.2) is 43.5 Å². The van der Waals surface area contributed by atoms with Gasteiger partial charge in [-0.1, -0.05) is 25.1 Å². The fraction of sp³-hybridized carbons (Fsp3) is 0.412. The summed E-state index contributed by atoms with van der Waals surface area (Å²) >= 11 is 0. The quantitative estimate of drug-likeness (QED) is 0.684. The second kappa shape index (κ2) is 8.54. The van der Waals surface area contributed by atoms with Crippen molar-refractivity contribution < 1.29 is 4.39 Å². The van der Waals surface area contributed by atoms with Gasteiger partial charge in [0.1, 0.15) is 5.82 Å². The standard InChI is InChI=1S/C17H25FN2/c1-5-10-19-14(4)15-8-9-17(16(18)13-15)20(11-6-2)12-7-3/h6-9,13-14,19H,2-3,5,10-12H2,1,4H3. The van der Waals surface area contributed by atoms with Gasteiger partial charge in [-0.15, -0.1) is 13.2 Å². The Morgan fingerprint density at radius 3 is 2.45 bits per heavy atom. The minimum absolute atomic E-state index is 0.158. The Bertz CT molecular complexity index is 433. The molecule has 0 amide bonds. The van der Waals surface area contributed by atoms with Gasteiger partial charge < -0.3 is 10.2 Å². The number of hydrogen-bond acceptors (Lipinski definition) is 2. The van der Waals surface area contributed by atoms with Gasteiger partial charge in [-0.3, -0.25) is 0 Å². The SMILES string of the molecule is C=CCN(CC=C)c1ccc(C(C)NCCC)cc1F. The van der Waals surface area contributed by atoms with Crippen LogP contribution in [0.3, 0.4) is 0 Å². The highest BCUT2D eigenvalue weighted by Gasteiger charge is 2.12.